The van der Waals surface area contributed by atoms with Crippen LogP contribution in [0.2, 0.25) is 0 Å². The third kappa shape index (κ3) is 8.01. The fraction of sp³-hybridized carbons (Fsp3) is 0.455. The molecule has 0 unspecified atom stereocenters. The maximum Gasteiger partial charge on any atom is 0.218 e. The maximum atomic E-state index is 11.1. The molecular formula is C22H30N6O2S. The van der Waals surface area contributed by atoms with E-state index in [1.165, 1.54) is 42.4 Å². The Morgan fingerprint density at radius 1 is 1.19 bits per heavy atom. The predicted molar refractivity (Wildman–Crippen MR) is 123 cm³/mol. The zero-order valence-electron chi connectivity index (χ0n) is 19.0. The first-order valence-corrected chi connectivity index (χ1v) is 11.2. The van der Waals surface area contributed by atoms with Crippen molar-refractivity contribution in [3.63, 3.8) is 0 Å². The first kappa shape index (κ1) is 24.3. The number of ketones is 1. The number of pyridine rings is 1. The van der Waals surface area contributed by atoms with Crippen molar-refractivity contribution in [2.45, 2.75) is 59.9 Å². The molecule has 0 spiro atoms. The molecule has 4 rings (SSSR count). The minimum atomic E-state index is -0.0803. The van der Waals surface area contributed by atoms with Gasteiger partial charge >= 0.3 is 0 Å². The Morgan fingerprint density at radius 2 is 1.94 bits per heavy atom. The second kappa shape index (κ2) is 12.0. The van der Waals surface area contributed by atoms with Gasteiger partial charge < -0.3 is 10.1 Å². The van der Waals surface area contributed by atoms with Crippen LogP contribution in [0.1, 0.15) is 71.4 Å². The van der Waals surface area contributed by atoms with E-state index in [1.54, 1.807) is 20.1 Å². The molecule has 1 aliphatic rings. The van der Waals surface area contributed by atoms with Crippen LogP contribution in [0.4, 0.5) is 5.82 Å². The molecule has 1 saturated carbocycles. The van der Waals surface area contributed by atoms with E-state index in [0.717, 1.165) is 10.9 Å². The molecule has 3 heterocycles. The number of carbonyl (C=O) groups excluding carboxylic acids is 1. The Kier molecular flexibility index (Phi) is 9.45. The van der Waals surface area contributed by atoms with Gasteiger partial charge in [-0.2, -0.15) is 4.98 Å². The number of aryl methyl sites for hydroxylation is 2. The highest BCUT2D eigenvalue weighted by Crippen LogP contribution is 2.38. The van der Waals surface area contributed by atoms with Crippen molar-refractivity contribution in [2.75, 3.05) is 12.4 Å². The molecule has 9 heteroatoms. The number of aromatic nitrogens is 5. The maximum absolute atomic E-state index is 11.1. The average Bonchev–Trinajstić information content (AvgIpc) is 3.51. The zero-order valence-corrected chi connectivity index (χ0v) is 19.8. The smallest absolute Gasteiger partial charge is 0.218 e. The normalized spacial score (nSPS) is 12.1. The summed E-state index contributed by atoms with van der Waals surface area (Å²) in [7, 11) is 1.55. The summed E-state index contributed by atoms with van der Waals surface area (Å²) in [5.74, 6) is 2.47. The highest BCUT2D eigenvalue weighted by molar-refractivity contribution is 7.13. The van der Waals surface area contributed by atoms with Crippen molar-refractivity contribution < 1.29 is 9.53 Å². The van der Waals surface area contributed by atoms with E-state index in [0.29, 0.717) is 29.1 Å². The lowest BCUT2D eigenvalue weighted by molar-refractivity contribution is 0.101. The van der Waals surface area contributed by atoms with Crippen molar-refractivity contribution in [3.05, 3.63) is 51.5 Å². The number of carbonyl (C=O) groups is 1. The number of methoxy groups -OCH3 is 1. The van der Waals surface area contributed by atoms with Crippen LogP contribution >= 0.6 is 11.3 Å². The standard InChI is InChI=1S/C11H13N5O2S.C9H11N.C2H6/c1-6(17)11-16-15-10(19-11)5-12-8-4-9(18-3)14-7(2)13-8;1-7-2-5-9(10-6-7)8-3-4-8;1-2/h4H,5H2,1-3H3,(H,12,13,14);2,5-6,8H,3-4H2,1H3;1-2H3. The van der Waals surface area contributed by atoms with Crippen molar-refractivity contribution in [1.82, 2.24) is 25.1 Å². The number of Topliss-reactive ketones (excluding diaryl/α,β-unsaturated/α-hetero) is 1. The summed E-state index contributed by atoms with van der Waals surface area (Å²) >= 11 is 1.27. The number of ether oxygens (including phenoxy) is 1. The summed E-state index contributed by atoms with van der Waals surface area (Å²) in [6.07, 6.45) is 4.64. The van der Waals surface area contributed by atoms with E-state index in [2.05, 4.69) is 49.5 Å². The zero-order chi connectivity index (χ0) is 22.8. The Balaban J connectivity index is 0.000000237. The highest BCUT2D eigenvalue weighted by Gasteiger charge is 2.24. The summed E-state index contributed by atoms with van der Waals surface area (Å²) in [6, 6.07) is 5.98. The van der Waals surface area contributed by atoms with Gasteiger partial charge in [-0.1, -0.05) is 31.3 Å². The monoisotopic (exact) mass is 442 g/mol. The number of nitrogens with one attached hydrogen (secondary N) is 1. The summed E-state index contributed by atoms with van der Waals surface area (Å²) in [6.45, 7) is 9.77. The molecule has 0 aromatic carbocycles. The van der Waals surface area contributed by atoms with Gasteiger partial charge in [0.25, 0.3) is 0 Å². The lowest BCUT2D eigenvalue weighted by Crippen LogP contribution is -2.03. The van der Waals surface area contributed by atoms with Crippen LogP contribution in [0, 0.1) is 13.8 Å². The van der Waals surface area contributed by atoms with Crippen LogP contribution in [0.15, 0.2) is 24.4 Å². The minimum Gasteiger partial charge on any atom is -0.481 e. The van der Waals surface area contributed by atoms with Crippen molar-refractivity contribution in [1.29, 1.82) is 0 Å². The molecule has 166 valence electrons. The first-order chi connectivity index (χ1) is 14.9. The number of rotatable bonds is 6. The molecule has 1 fully saturated rings. The summed E-state index contributed by atoms with van der Waals surface area (Å²) < 4.78 is 5.06. The number of hydrogen-bond acceptors (Lipinski definition) is 9. The molecule has 0 aliphatic heterocycles. The Bertz CT molecular complexity index is 970. The van der Waals surface area contributed by atoms with Crippen LogP contribution in [-0.4, -0.2) is 38.0 Å². The molecule has 0 bridgehead atoms. The molecule has 1 aliphatic carbocycles. The Labute approximate surface area is 187 Å². The van der Waals surface area contributed by atoms with Crippen LogP contribution in [-0.2, 0) is 6.54 Å². The van der Waals surface area contributed by atoms with Crippen molar-refractivity contribution in [2.24, 2.45) is 0 Å². The van der Waals surface area contributed by atoms with Gasteiger partial charge in [0.05, 0.1) is 13.7 Å². The largest absolute Gasteiger partial charge is 0.481 e. The fourth-order valence-electron chi connectivity index (χ4n) is 2.47. The van der Waals surface area contributed by atoms with Gasteiger partial charge in [0.2, 0.25) is 5.88 Å². The van der Waals surface area contributed by atoms with Gasteiger partial charge in [0.1, 0.15) is 16.6 Å². The second-order valence-electron chi connectivity index (χ2n) is 6.79. The Morgan fingerprint density at radius 3 is 2.48 bits per heavy atom. The quantitative estimate of drug-likeness (QED) is 0.545. The molecule has 3 aromatic heterocycles. The number of anilines is 1. The number of hydrogen-bond donors (Lipinski definition) is 1. The van der Waals surface area contributed by atoms with E-state index in [1.807, 2.05) is 20.0 Å². The molecular weight excluding hydrogens is 412 g/mol. The summed E-state index contributed by atoms with van der Waals surface area (Å²) in [5, 5.41) is 12.0. The van der Waals surface area contributed by atoms with E-state index in [4.69, 9.17) is 4.74 Å². The average molecular weight is 443 g/mol. The van der Waals surface area contributed by atoms with Gasteiger partial charge in [-0.3, -0.25) is 9.78 Å². The third-order valence-electron chi connectivity index (χ3n) is 4.14. The molecule has 31 heavy (non-hydrogen) atoms. The van der Waals surface area contributed by atoms with Crippen LogP contribution in [0.25, 0.3) is 0 Å². The van der Waals surface area contributed by atoms with Crippen molar-refractivity contribution >= 4 is 22.9 Å². The summed E-state index contributed by atoms with van der Waals surface area (Å²) in [5.41, 5.74) is 2.54. The first-order valence-electron chi connectivity index (χ1n) is 10.3. The van der Waals surface area contributed by atoms with E-state index in [9.17, 15) is 4.79 Å². The van der Waals surface area contributed by atoms with E-state index in [-0.39, 0.29) is 5.78 Å². The highest BCUT2D eigenvalue weighted by atomic mass is 32.1. The SMILES string of the molecule is CC.COc1cc(NCc2nnc(C(C)=O)s2)nc(C)n1.Cc1ccc(C2CC2)nc1. The topological polar surface area (TPSA) is 103 Å². The lowest BCUT2D eigenvalue weighted by Gasteiger charge is -2.06. The van der Waals surface area contributed by atoms with Gasteiger partial charge in [0.15, 0.2) is 10.8 Å². The van der Waals surface area contributed by atoms with Crippen LogP contribution in [0.5, 0.6) is 5.88 Å². The van der Waals surface area contributed by atoms with Gasteiger partial charge in [-0.05, 0) is 38.3 Å². The van der Waals surface area contributed by atoms with Gasteiger partial charge in [0, 0.05) is 30.8 Å². The predicted octanol–water partition coefficient (Wildman–Crippen LogP) is 4.75. The molecule has 0 amide bonds. The van der Waals surface area contributed by atoms with E-state index < -0.39 is 0 Å². The lowest BCUT2D eigenvalue weighted by atomic mass is 10.2. The Hall–Kier alpha value is -2.94. The molecule has 0 saturated heterocycles. The molecule has 0 radical (unpaired) electrons. The van der Waals surface area contributed by atoms with Gasteiger partial charge in [-0.15, -0.1) is 10.2 Å². The summed E-state index contributed by atoms with van der Waals surface area (Å²) in [4.78, 5) is 23.8. The molecule has 8 nitrogen and oxygen atoms in total. The molecule has 1 N–H and O–H groups in total. The van der Waals surface area contributed by atoms with Crippen molar-refractivity contribution in [3.8, 4) is 5.88 Å². The number of nitrogens with zero attached hydrogens (tertiary/aromatic N) is 5. The third-order valence-corrected chi connectivity index (χ3v) is 5.17. The molecule has 0 atom stereocenters. The van der Waals surface area contributed by atoms with E-state index >= 15 is 0 Å². The van der Waals surface area contributed by atoms with Crippen LogP contribution < -0.4 is 10.1 Å². The van der Waals surface area contributed by atoms with Crippen LogP contribution in [0.3, 0.4) is 0 Å². The minimum absolute atomic E-state index is 0.0803. The fourth-order valence-corrected chi connectivity index (χ4v) is 3.14. The second-order valence-corrected chi connectivity index (χ2v) is 7.85. The molecule has 3 aromatic rings. The van der Waals surface area contributed by atoms with Gasteiger partial charge in [-0.25, -0.2) is 4.98 Å².